The molecule has 2 fully saturated rings. The predicted octanol–water partition coefficient (Wildman–Crippen LogP) is 0.610. The number of ether oxygens (including phenoxy) is 1. The summed E-state index contributed by atoms with van der Waals surface area (Å²) in [6, 6.07) is 3.27. The smallest absolute Gasteiger partial charge is 0.252 e. The van der Waals surface area contributed by atoms with Crippen LogP contribution in [0, 0.1) is 6.92 Å². The fourth-order valence-electron chi connectivity index (χ4n) is 3.21. The number of aryl methyl sites for hydroxylation is 1. The molecule has 0 bridgehead atoms. The molecule has 9 heteroatoms. The van der Waals surface area contributed by atoms with Crippen LogP contribution in [0.1, 0.15) is 11.8 Å². The monoisotopic (exact) mass is 387 g/mol. The van der Waals surface area contributed by atoms with E-state index >= 15 is 0 Å². The van der Waals surface area contributed by atoms with E-state index in [1.54, 1.807) is 6.07 Å². The molecule has 0 spiro atoms. The first-order valence-corrected chi connectivity index (χ1v) is 10.8. The summed E-state index contributed by atoms with van der Waals surface area (Å²) in [6.45, 7) is 8.23. The molecule has 25 heavy (non-hydrogen) atoms. The van der Waals surface area contributed by atoms with Crippen LogP contribution in [0.5, 0.6) is 0 Å². The normalized spacial score (nSPS) is 22.1. The van der Waals surface area contributed by atoms with Gasteiger partial charge in [-0.3, -0.25) is 9.69 Å². The number of nitrogens with zero attached hydrogens (tertiary/aromatic N) is 3. The molecule has 3 rings (SSSR count). The fourth-order valence-corrected chi connectivity index (χ4v) is 6.07. The highest BCUT2D eigenvalue weighted by atomic mass is 32.2. The van der Waals surface area contributed by atoms with Crippen molar-refractivity contribution in [1.29, 1.82) is 0 Å². The molecule has 0 aliphatic carbocycles. The van der Waals surface area contributed by atoms with Gasteiger partial charge in [-0.1, -0.05) is 0 Å². The van der Waals surface area contributed by atoms with Gasteiger partial charge in [0.25, 0.3) is 10.0 Å². The second-order valence-electron chi connectivity index (χ2n) is 6.42. The van der Waals surface area contributed by atoms with Gasteiger partial charge < -0.3 is 9.64 Å². The molecule has 7 nitrogen and oxygen atoms in total. The number of sulfonamides is 1. The summed E-state index contributed by atoms with van der Waals surface area (Å²) in [5, 5.41) is 0. The Balaban J connectivity index is 1.58. The molecular weight excluding hydrogens is 362 g/mol. The van der Waals surface area contributed by atoms with Crippen LogP contribution in [0.15, 0.2) is 16.3 Å². The Morgan fingerprint density at radius 1 is 1.12 bits per heavy atom. The zero-order valence-corrected chi connectivity index (χ0v) is 16.3. The molecule has 1 amide bonds. The molecular formula is C16H25N3O4S2. The minimum atomic E-state index is -3.42. The topological polar surface area (TPSA) is 70.2 Å². The average Bonchev–Trinajstić information content (AvgIpc) is 3.08. The summed E-state index contributed by atoms with van der Waals surface area (Å²) in [5.74, 6) is 0.105. The number of hydrogen-bond donors (Lipinski definition) is 0. The van der Waals surface area contributed by atoms with Crippen molar-refractivity contribution in [2.24, 2.45) is 0 Å². The van der Waals surface area contributed by atoms with Crippen molar-refractivity contribution in [2.45, 2.75) is 24.1 Å². The van der Waals surface area contributed by atoms with Crippen LogP contribution < -0.4 is 0 Å². The van der Waals surface area contributed by atoms with E-state index in [1.165, 1.54) is 15.6 Å². The molecule has 1 atom stereocenters. The van der Waals surface area contributed by atoms with Crippen molar-refractivity contribution in [1.82, 2.24) is 14.1 Å². The number of hydrogen-bond acceptors (Lipinski definition) is 6. The Labute approximate surface area is 153 Å². The zero-order chi connectivity index (χ0) is 18.0. The molecule has 140 valence electrons. The summed E-state index contributed by atoms with van der Waals surface area (Å²) in [4.78, 5) is 17.5. The van der Waals surface area contributed by atoms with Gasteiger partial charge in [0.15, 0.2) is 0 Å². The third-order valence-corrected chi connectivity index (χ3v) is 8.18. The van der Waals surface area contributed by atoms with E-state index in [4.69, 9.17) is 4.74 Å². The number of thiophene rings is 1. The van der Waals surface area contributed by atoms with Crippen molar-refractivity contribution in [2.75, 3.05) is 52.5 Å². The summed E-state index contributed by atoms with van der Waals surface area (Å²) in [7, 11) is -3.42. The van der Waals surface area contributed by atoms with Crippen LogP contribution >= 0.6 is 11.3 Å². The van der Waals surface area contributed by atoms with Gasteiger partial charge in [0.05, 0.1) is 19.3 Å². The van der Waals surface area contributed by atoms with Crippen molar-refractivity contribution in [3.63, 3.8) is 0 Å². The second-order valence-corrected chi connectivity index (χ2v) is 9.87. The molecule has 2 aliphatic rings. The first kappa shape index (κ1) is 18.8. The number of carbonyl (C=O) groups excluding carboxylic acids is 1. The van der Waals surface area contributed by atoms with Gasteiger partial charge in [-0.15, -0.1) is 11.3 Å². The van der Waals surface area contributed by atoms with E-state index < -0.39 is 10.0 Å². The van der Waals surface area contributed by atoms with E-state index in [-0.39, 0.29) is 11.9 Å². The molecule has 1 aromatic heterocycles. The Morgan fingerprint density at radius 3 is 2.32 bits per heavy atom. The van der Waals surface area contributed by atoms with E-state index in [1.807, 2.05) is 24.8 Å². The first-order valence-electron chi connectivity index (χ1n) is 8.57. The van der Waals surface area contributed by atoms with Crippen molar-refractivity contribution >= 4 is 27.3 Å². The van der Waals surface area contributed by atoms with Gasteiger partial charge in [-0.2, -0.15) is 4.31 Å². The highest BCUT2D eigenvalue weighted by Crippen LogP contribution is 2.25. The fraction of sp³-hybridized carbons (Fsp3) is 0.688. The summed E-state index contributed by atoms with van der Waals surface area (Å²) < 4.78 is 32.6. The first-order chi connectivity index (χ1) is 11.9. The van der Waals surface area contributed by atoms with Gasteiger partial charge in [0, 0.05) is 44.1 Å². The van der Waals surface area contributed by atoms with Gasteiger partial charge in [0.2, 0.25) is 5.91 Å². The van der Waals surface area contributed by atoms with Gasteiger partial charge in [-0.05, 0) is 26.0 Å². The van der Waals surface area contributed by atoms with Crippen molar-refractivity contribution in [3.8, 4) is 0 Å². The third kappa shape index (κ3) is 4.06. The maximum absolute atomic E-state index is 12.7. The van der Waals surface area contributed by atoms with Gasteiger partial charge in [-0.25, -0.2) is 8.42 Å². The lowest BCUT2D eigenvalue weighted by molar-refractivity contribution is -0.140. The van der Waals surface area contributed by atoms with Crippen molar-refractivity contribution < 1.29 is 17.9 Å². The van der Waals surface area contributed by atoms with Gasteiger partial charge in [0.1, 0.15) is 4.21 Å². The lowest BCUT2D eigenvalue weighted by Gasteiger charge is -2.38. The minimum Gasteiger partial charge on any atom is -0.378 e. The molecule has 1 aromatic rings. The van der Waals surface area contributed by atoms with E-state index in [0.717, 1.165) is 4.88 Å². The quantitative estimate of drug-likeness (QED) is 0.757. The standard InChI is InChI=1S/C16H25N3O4S2/c1-13-3-4-15(24-13)25(21,22)19-7-5-17(6-8-19)14(2)16(20)18-9-11-23-12-10-18/h3-4,14H,5-12H2,1-2H3/t14-/m1/s1. The largest absolute Gasteiger partial charge is 0.378 e. The van der Waals surface area contributed by atoms with E-state index in [2.05, 4.69) is 4.90 Å². The molecule has 0 radical (unpaired) electrons. The van der Waals surface area contributed by atoms with Crippen molar-refractivity contribution in [3.05, 3.63) is 17.0 Å². The lowest BCUT2D eigenvalue weighted by atomic mass is 10.2. The summed E-state index contributed by atoms with van der Waals surface area (Å²) >= 11 is 1.30. The molecule has 0 unspecified atom stereocenters. The average molecular weight is 388 g/mol. The van der Waals surface area contributed by atoms with Crippen LogP contribution in [-0.4, -0.2) is 87.0 Å². The van der Waals surface area contributed by atoms with Crippen LogP contribution in [0.25, 0.3) is 0 Å². The van der Waals surface area contributed by atoms with Crippen LogP contribution in [0.4, 0.5) is 0 Å². The third-order valence-electron chi connectivity index (χ3n) is 4.81. The maximum atomic E-state index is 12.7. The van der Waals surface area contributed by atoms with Crippen LogP contribution in [0.3, 0.4) is 0 Å². The van der Waals surface area contributed by atoms with Gasteiger partial charge >= 0.3 is 0 Å². The number of amides is 1. The Hall–Kier alpha value is -1.00. The number of rotatable bonds is 4. The molecule has 0 N–H and O–H groups in total. The lowest BCUT2D eigenvalue weighted by Crippen LogP contribution is -2.56. The summed E-state index contributed by atoms with van der Waals surface area (Å²) in [5.41, 5.74) is 0. The zero-order valence-electron chi connectivity index (χ0n) is 14.7. The molecule has 2 saturated heterocycles. The van der Waals surface area contributed by atoms with Crippen LogP contribution in [0.2, 0.25) is 0 Å². The van der Waals surface area contributed by atoms with E-state index in [0.29, 0.717) is 56.7 Å². The minimum absolute atomic E-state index is 0.105. The summed E-state index contributed by atoms with van der Waals surface area (Å²) in [6.07, 6.45) is 0. The highest BCUT2D eigenvalue weighted by molar-refractivity contribution is 7.91. The number of carbonyl (C=O) groups is 1. The van der Waals surface area contributed by atoms with Crippen LogP contribution in [-0.2, 0) is 19.6 Å². The Bertz CT molecular complexity index is 705. The highest BCUT2D eigenvalue weighted by Gasteiger charge is 2.33. The molecule has 3 heterocycles. The number of morpholine rings is 1. The SMILES string of the molecule is Cc1ccc(S(=O)(=O)N2CCN([C@H](C)C(=O)N3CCOCC3)CC2)s1. The molecule has 0 saturated carbocycles. The molecule has 0 aromatic carbocycles. The Kier molecular flexibility index (Phi) is 5.79. The van der Waals surface area contributed by atoms with E-state index in [9.17, 15) is 13.2 Å². The molecule has 2 aliphatic heterocycles. The second kappa shape index (κ2) is 7.71. The number of piperazine rings is 1. The predicted molar refractivity (Wildman–Crippen MR) is 96.2 cm³/mol. The Morgan fingerprint density at radius 2 is 1.76 bits per heavy atom. The maximum Gasteiger partial charge on any atom is 0.252 e.